The molecule has 1 aliphatic heterocycles. The summed E-state index contributed by atoms with van der Waals surface area (Å²) in [6.45, 7) is 9.30. The van der Waals surface area contributed by atoms with Crippen LogP contribution in [0.2, 0.25) is 16.8 Å². The van der Waals surface area contributed by atoms with Crippen molar-refractivity contribution in [2.45, 2.75) is 69.1 Å². The maximum atomic E-state index is 6.80. The molecule has 7 aromatic carbocycles. The van der Waals surface area contributed by atoms with Crippen LogP contribution in [-0.4, -0.2) is 27.8 Å². The fraction of sp³-hybridized carbons (Fsp3) is 0.186. The number of hydrogen-bond acceptors (Lipinski definition) is 3. The number of rotatable bonds is 7. The molecule has 0 unspecified atom stereocenters. The standard InChI is InChI=1S/C48H45GeN2O.C11H8N.Ir/c1-30(2)40-27-36(33-22-24-42-35(26-33)16-13-25-49(42,5)6)28-41(31(3)4)46(40)51-44-20-11-10-19-43(44)50-48(51)39-18-12-17-38-37-23-21-34(29-45(37)52-47(38)39)32-14-8-7-9-15-32;1-2-6-10(7-3-1)11-8-4-5-9-12-11;/h7-12,14-15,17,19-24,26-31H,13,16,25H2,1-6H3;1-6,8-9H;/q2*-1;. The summed E-state index contributed by atoms with van der Waals surface area (Å²) in [4.78, 5) is 9.58. The predicted molar refractivity (Wildman–Crippen MR) is 270 cm³/mol. The molecule has 325 valence electrons. The molecule has 0 spiro atoms. The van der Waals surface area contributed by atoms with Crippen LogP contribution in [0.25, 0.3) is 83.6 Å². The molecular weight excluding hydrogens is 1030 g/mol. The van der Waals surface area contributed by atoms with Crippen molar-refractivity contribution in [3.63, 3.8) is 0 Å². The zero-order valence-electron chi connectivity index (χ0n) is 37.9. The van der Waals surface area contributed by atoms with Gasteiger partial charge in [0.25, 0.3) is 0 Å². The van der Waals surface area contributed by atoms with E-state index in [1.165, 1.54) is 51.6 Å². The van der Waals surface area contributed by atoms with E-state index in [1.54, 1.807) is 16.2 Å². The molecule has 65 heavy (non-hydrogen) atoms. The number of aromatic nitrogens is 3. The van der Waals surface area contributed by atoms with Crippen LogP contribution in [0.15, 0.2) is 168 Å². The molecule has 0 saturated heterocycles. The van der Waals surface area contributed by atoms with Gasteiger partial charge >= 0.3 is 212 Å². The number of aryl methyl sites for hydroxylation is 1. The van der Waals surface area contributed by atoms with Gasteiger partial charge in [0.05, 0.1) is 0 Å². The number of fused-ring (bicyclic) bond motifs is 5. The van der Waals surface area contributed by atoms with Crippen molar-refractivity contribution >= 4 is 50.6 Å². The van der Waals surface area contributed by atoms with Gasteiger partial charge in [-0.1, -0.05) is 66.0 Å². The van der Waals surface area contributed by atoms with Crippen molar-refractivity contribution in [1.29, 1.82) is 0 Å². The van der Waals surface area contributed by atoms with E-state index < -0.39 is 13.3 Å². The molecule has 11 rings (SSSR count). The fourth-order valence-electron chi connectivity index (χ4n) is 9.69. The van der Waals surface area contributed by atoms with E-state index >= 15 is 0 Å². The van der Waals surface area contributed by atoms with E-state index in [0.29, 0.717) is 0 Å². The van der Waals surface area contributed by atoms with Crippen molar-refractivity contribution in [2.75, 3.05) is 0 Å². The molecule has 10 aromatic rings. The molecule has 4 heterocycles. The van der Waals surface area contributed by atoms with Crippen molar-refractivity contribution < 1.29 is 24.5 Å². The molecule has 0 bridgehead atoms. The molecule has 6 heteroatoms. The number of benzene rings is 7. The summed E-state index contributed by atoms with van der Waals surface area (Å²) < 4.78 is 10.9. The molecule has 0 fully saturated rings. The normalized spacial score (nSPS) is 13.2. The number of hydrogen-bond donors (Lipinski definition) is 0. The average molecular weight is 1080 g/mol. The zero-order valence-corrected chi connectivity index (χ0v) is 42.4. The van der Waals surface area contributed by atoms with Gasteiger partial charge in [-0.2, -0.15) is 0 Å². The second-order valence-electron chi connectivity index (χ2n) is 18.4. The third-order valence-corrected chi connectivity index (χ3v) is 20.5. The first-order valence-electron chi connectivity index (χ1n) is 22.7. The molecule has 0 N–H and O–H groups in total. The van der Waals surface area contributed by atoms with E-state index in [0.717, 1.165) is 61.2 Å². The monoisotopic (exact) mass is 1090 g/mol. The van der Waals surface area contributed by atoms with Gasteiger partial charge in [0.1, 0.15) is 5.58 Å². The Kier molecular flexibility index (Phi) is 12.7. The first-order valence-corrected chi connectivity index (χ1v) is 29.5. The van der Waals surface area contributed by atoms with Crippen molar-refractivity contribution in [1.82, 2.24) is 14.5 Å². The van der Waals surface area contributed by atoms with Crippen molar-refractivity contribution in [2.24, 2.45) is 0 Å². The van der Waals surface area contributed by atoms with Gasteiger partial charge in [-0.05, 0) is 29.0 Å². The summed E-state index contributed by atoms with van der Waals surface area (Å²) in [6, 6.07) is 62.4. The maximum absolute atomic E-state index is 6.80. The molecule has 1 radical (unpaired) electrons. The SMILES string of the molecule is CC(C)c1cc(-c2cc[c]3c(c2)CC[CH2][Ge]3([CH3])[CH3])cc(C(C)C)c1-n1c(-c2[c-]ccc3c2oc2cc(-c4ccccc4)ccc23)nc2ccccc21.[Ir].[c-]1ccccc1-c1ccccn1. The van der Waals surface area contributed by atoms with Crippen LogP contribution in [0.1, 0.15) is 62.6 Å². The first-order chi connectivity index (χ1) is 31.1. The summed E-state index contributed by atoms with van der Waals surface area (Å²) in [5.41, 5.74) is 17.0. The van der Waals surface area contributed by atoms with Gasteiger partial charge in [0.2, 0.25) is 0 Å². The van der Waals surface area contributed by atoms with Crippen LogP contribution < -0.4 is 4.40 Å². The number of imidazole rings is 1. The topological polar surface area (TPSA) is 43.9 Å². The minimum atomic E-state index is -1.93. The second-order valence-corrected chi connectivity index (χ2v) is 28.5. The summed E-state index contributed by atoms with van der Waals surface area (Å²) >= 11 is -1.93. The Morgan fingerprint density at radius 1 is 0.646 bits per heavy atom. The number of nitrogens with zero attached hydrogens (tertiary/aromatic N) is 3. The van der Waals surface area contributed by atoms with Crippen molar-refractivity contribution in [3.05, 3.63) is 193 Å². The third kappa shape index (κ3) is 8.58. The van der Waals surface area contributed by atoms with Gasteiger partial charge in [0, 0.05) is 31.7 Å². The van der Waals surface area contributed by atoms with E-state index in [9.17, 15) is 0 Å². The van der Waals surface area contributed by atoms with E-state index in [2.05, 4.69) is 170 Å². The van der Waals surface area contributed by atoms with Crippen LogP contribution in [0.3, 0.4) is 0 Å². The van der Waals surface area contributed by atoms with Crippen molar-refractivity contribution in [3.8, 4) is 50.6 Å². The zero-order chi connectivity index (χ0) is 44.0. The molecule has 1 aliphatic rings. The molecular formula is C59H53GeIrN3O-2. The largest absolute Gasteiger partial charge is 0.305 e. The quantitative estimate of drug-likeness (QED) is 0.118. The molecule has 0 aliphatic carbocycles. The van der Waals surface area contributed by atoms with Gasteiger partial charge < -0.3 is 9.40 Å². The Morgan fingerprint density at radius 3 is 2.11 bits per heavy atom. The Balaban J connectivity index is 0.000000355. The van der Waals surface area contributed by atoms with Crippen LogP contribution in [0.5, 0.6) is 0 Å². The predicted octanol–water partition coefficient (Wildman–Crippen LogP) is 15.4. The molecule has 4 nitrogen and oxygen atoms in total. The maximum Gasteiger partial charge on any atom is 0.0160 e. The summed E-state index contributed by atoms with van der Waals surface area (Å²) in [5.74, 6) is 6.59. The summed E-state index contributed by atoms with van der Waals surface area (Å²) in [6.07, 6.45) is 4.32. The minimum absolute atomic E-state index is 0. The van der Waals surface area contributed by atoms with E-state index in [4.69, 9.17) is 9.40 Å². The van der Waals surface area contributed by atoms with E-state index in [1.807, 2.05) is 48.5 Å². The van der Waals surface area contributed by atoms with Gasteiger partial charge in [0.15, 0.2) is 0 Å². The Hall–Kier alpha value is -5.85. The summed E-state index contributed by atoms with van der Waals surface area (Å²) in [7, 11) is 0. The van der Waals surface area contributed by atoms with Crippen LogP contribution in [-0.2, 0) is 26.5 Å². The molecule has 0 amide bonds. The van der Waals surface area contributed by atoms with Gasteiger partial charge in [-0.25, -0.2) is 0 Å². The summed E-state index contributed by atoms with van der Waals surface area (Å²) in [5, 5.41) is 3.61. The second kappa shape index (κ2) is 18.6. The van der Waals surface area contributed by atoms with Crippen LogP contribution in [0, 0.1) is 12.1 Å². The number of para-hydroxylation sites is 2. The van der Waals surface area contributed by atoms with Crippen LogP contribution >= 0.6 is 0 Å². The third-order valence-electron chi connectivity index (χ3n) is 13.0. The van der Waals surface area contributed by atoms with Crippen LogP contribution in [0.4, 0.5) is 0 Å². The first kappa shape index (κ1) is 44.4. The fourth-order valence-corrected chi connectivity index (χ4v) is 15.8. The Morgan fingerprint density at radius 2 is 1.37 bits per heavy atom. The Labute approximate surface area is 399 Å². The smallest absolute Gasteiger partial charge is 0.0160 e. The minimum Gasteiger partial charge on any atom is -0.305 e. The molecule has 0 saturated carbocycles. The molecule has 0 atom stereocenters. The van der Waals surface area contributed by atoms with E-state index in [-0.39, 0.29) is 31.9 Å². The van der Waals surface area contributed by atoms with Gasteiger partial charge in [-0.15, -0.1) is 48.0 Å². The van der Waals surface area contributed by atoms with Gasteiger partial charge in [-0.3, -0.25) is 0 Å². The number of pyridine rings is 1. The molecule has 3 aromatic heterocycles. The number of furan rings is 1. The average Bonchev–Trinajstić information content (AvgIpc) is 3.90. The Bertz CT molecular complexity index is 3210.